The molecule has 2 aromatic heterocycles. The summed E-state index contributed by atoms with van der Waals surface area (Å²) in [6.07, 6.45) is 5.51. The van der Waals surface area contributed by atoms with Gasteiger partial charge in [0, 0.05) is 31.8 Å². The molecule has 1 saturated carbocycles. The van der Waals surface area contributed by atoms with Gasteiger partial charge in [0.15, 0.2) is 5.82 Å². The maximum absolute atomic E-state index is 5.28. The first-order valence-electron chi connectivity index (χ1n) is 8.27. The van der Waals surface area contributed by atoms with Gasteiger partial charge in [-0.15, -0.1) is 10.2 Å². The lowest BCUT2D eigenvalue weighted by Crippen LogP contribution is -2.30. The summed E-state index contributed by atoms with van der Waals surface area (Å²) in [6.45, 7) is 4.79. The van der Waals surface area contributed by atoms with Crippen LogP contribution in [0.25, 0.3) is 0 Å². The molecule has 118 valence electrons. The first-order valence-corrected chi connectivity index (χ1v) is 8.27. The van der Waals surface area contributed by atoms with Crippen LogP contribution in [-0.2, 0) is 25.9 Å². The second-order valence-corrected chi connectivity index (χ2v) is 6.36. The zero-order valence-electron chi connectivity index (χ0n) is 13.0. The number of aromatic nitrogens is 5. The molecule has 0 saturated heterocycles. The highest BCUT2D eigenvalue weighted by Crippen LogP contribution is 2.38. The van der Waals surface area contributed by atoms with Gasteiger partial charge in [0.25, 0.3) is 0 Å². The molecule has 1 fully saturated rings. The predicted molar refractivity (Wildman–Crippen MR) is 79.2 cm³/mol. The van der Waals surface area contributed by atoms with Gasteiger partial charge in [-0.2, -0.15) is 4.98 Å². The molecule has 1 N–H and O–H groups in total. The van der Waals surface area contributed by atoms with Gasteiger partial charge >= 0.3 is 0 Å². The fraction of sp³-hybridized carbons (Fsp3) is 0.733. The molecule has 7 heteroatoms. The number of hydrogen-bond acceptors (Lipinski definition) is 6. The Hall–Kier alpha value is -1.76. The number of hydrogen-bond donors (Lipinski definition) is 1. The van der Waals surface area contributed by atoms with E-state index in [1.807, 2.05) is 0 Å². The van der Waals surface area contributed by atoms with E-state index in [1.54, 1.807) is 0 Å². The summed E-state index contributed by atoms with van der Waals surface area (Å²) >= 11 is 0. The molecular weight excluding hydrogens is 280 g/mol. The molecule has 0 spiro atoms. The van der Waals surface area contributed by atoms with Gasteiger partial charge in [-0.05, 0) is 25.2 Å². The van der Waals surface area contributed by atoms with Crippen LogP contribution in [0.1, 0.15) is 55.5 Å². The van der Waals surface area contributed by atoms with E-state index < -0.39 is 0 Å². The Morgan fingerprint density at radius 1 is 1.27 bits per heavy atom. The summed E-state index contributed by atoms with van der Waals surface area (Å²) in [5.74, 6) is 4.98. The predicted octanol–water partition coefficient (Wildman–Crippen LogP) is 1.45. The van der Waals surface area contributed by atoms with Crippen LogP contribution < -0.4 is 5.32 Å². The van der Waals surface area contributed by atoms with Crippen molar-refractivity contribution in [3.8, 4) is 0 Å². The Balaban J connectivity index is 1.29. The monoisotopic (exact) mass is 302 g/mol. The van der Waals surface area contributed by atoms with Crippen molar-refractivity contribution in [3.63, 3.8) is 0 Å². The summed E-state index contributed by atoms with van der Waals surface area (Å²) in [7, 11) is 0. The SMILES string of the molecule is CCc1nnc2n1CC(CNCc1noc(C3CC3)n1)CC2. The molecule has 3 heterocycles. The lowest BCUT2D eigenvalue weighted by molar-refractivity contribution is 0.338. The number of aryl methyl sites for hydroxylation is 2. The van der Waals surface area contributed by atoms with Gasteiger partial charge in [0.1, 0.15) is 11.6 Å². The van der Waals surface area contributed by atoms with Crippen LogP contribution in [0.2, 0.25) is 0 Å². The Morgan fingerprint density at radius 2 is 2.18 bits per heavy atom. The summed E-state index contributed by atoms with van der Waals surface area (Å²) < 4.78 is 7.56. The van der Waals surface area contributed by atoms with Gasteiger partial charge in [-0.25, -0.2) is 0 Å². The maximum atomic E-state index is 5.28. The highest BCUT2D eigenvalue weighted by molar-refractivity contribution is 5.02. The molecule has 1 aliphatic heterocycles. The van der Waals surface area contributed by atoms with Gasteiger partial charge in [-0.1, -0.05) is 12.1 Å². The Morgan fingerprint density at radius 3 is 3.00 bits per heavy atom. The zero-order chi connectivity index (χ0) is 14.9. The molecule has 0 radical (unpaired) electrons. The van der Waals surface area contributed by atoms with E-state index in [9.17, 15) is 0 Å². The summed E-state index contributed by atoms with van der Waals surface area (Å²) in [5, 5.41) is 16.0. The minimum absolute atomic E-state index is 0.527. The lowest BCUT2D eigenvalue weighted by Gasteiger charge is -2.24. The molecular formula is C15H22N6O. The van der Waals surface area contributed by atoms with Crippen molar-refractivity contribution < 1.29 is 4.52 Å². The van der Waals surface area contributed by atoms with E-state index in [2.05, 4.69) is 37.1 Å². The molecule has 4 rings (SSSR count). The van der Waals surface area contributed by atoms with Crippen LogP contribution in [0.3, 0.4) is 0 Å². The molecule has 0 aromatic carbocycles. The minimum atomic E-state index is 0.527. The van der Waals surface area contributed by atoms with E-state index >= 15 is 0 Å². The molecule has 0 amide bonds. The van der Waals surface area contributed by atoms with Gasteiger partial charge in [0.2, 0.25) is 5.89 Å². The van der Waals surface area contributed by atoms with Gasteiger partial charge < -0.3 is 14.4 Å². The van der Waals surface area contributed by atoms with E-state index in [1.165, 1.54) is 12.8 Å². The molecule has 2 aliphatic rings. The topological polar surface area (TPSA) is 81.7 Å². The molecule has 1 unspecified atom stereocenters. The van der Waals surface area contributed by atoms with Crippen LogP contribution in [-0.4, -0.2) is 31.4 Å². The van der Waals surface area contributed by atoms with Crippen LogP contribution in [0.15, 0.2) is 4.52 Å². The second kappa shape index (κ2) is 5.79. The number of fused-ring (bicyclic) bond motifs is 1. The average Bonchev–Trinajstić information content (AvgIpc) is 3.15. The Bertz CT molecular complexity index is 631. The van der Waals surface area contributed by atoms with Crippen molar-refractivity contribution in [2.45, 2.75) is 58.0 Å². The van der Waals surface area contributed by atoms with Crippen molar-refractivity contribution in [2.75, 3.05) is 6.54 Å². The van der Waals surface area contributed by atoms with Crippen LogP contribution in [0.5, 0.6) is 0 Å². The first kappa shape index (κ1) is 13.9. The van der Waals surface area contributed by atoms with E-state index in [0.717, 1.165) is 55.7 Å². The second-order valence-electron chi connectivity index (χ2n) is 6.36. The van der Waals surface area contributed by atoms with Crippen molar-refractivity contribution in [2.24, 2.45) is 5.92 Å². The fourth-order valence-electron chi connectivity index (χ4n) is 3.10. The lowest BCUT2D eigenvalue weighted by atomic mass is 9.99. The van der Waals surface area contributed by atoms with Gasteiger partial charge in [-0.3, -0.25) is 0 Å². The summed E-state index contributed by atoms with van der Waals surface area (Å²) in [5.41, 5.74) is 0. The van der Waals surface area contributed by atoms with Crippen LogP contribution >= 0.6 is 0 Å². The van der Waals surface area contributed by atoms with Crippen molar-refractivity contribution >= 4 is 0 Å². The van der Waals surface area contributed by atoms with E-state index in [4.69, 9.17) is 4.52 Å². The summed E-state index contributed by atoms with van der Waals surface area (Å²) in [6, 6.07) is 0. The number of nitrogens with one attached hydrogen (secondary N) is 1. The molecule has 0 bridgehead atoms. The highest BCUT2D eigenvalue weighted by atomic mass is 16.5. The third-order valence-corrected chi connectivity index (χ3v) is 4.56. The standard InChI is InChI=1S/C15H22N6O/c1-2-13-18-19-14-6-3-10(9-21(13)14)7-16-8-12-17-15(22-20-12)11-4-5-11/h10-11,16H,2-9H2,1H3. The highest BCUT2D eigenvalue weighted by Gasteiger charge is 2.29. The molecule has 2 aromatic rings. The number of rotatable bonds is 6. The molecule has 1 atom stereocenters. The zero-order valence-corrected chi connectivity index (χ0v) is 13.0. The van der Waals surface area contributed by atoms with Gasteiger partial charge in [0.05, 0.1) is 6.54 Å². The maximum Gasteiger partial charge on any atom is 0.229 e. The number of nitrogens with zero attached hydrogens (tertiary/aromatic N) is 5. The first-order chi connectivity index (χ1) is 10.8. The quantitative estimate of drug-likeness (QED) is 0.870. The summed E-state index contributed by atoms with van der Waals surface area (Å²) in [4.78, 5) is 4.44. The Kier molecular flexibility index (Phi) is 3.65. The van der Waals surface area contributed by atoms with Crippen molar-refractivity contribution in [1.29, 1.82) is 0 Å². The van der Waals surface area contributed by atoms with Crippen molar-refractivity contribution in [3.05, 3.63) is 23.4 Å². The Labute approximate surface area is 129 Å². The van der Waals surface area contributed by atoms with Crippen molar-refractivity contribution in [1.82, 2.24) is 30.2 Å². The van der Waals surface area contributed by atoms with E-state index in [-0.39, 0.29) is 0 Å². The fourth-order valence-corrected chi connectivity index (χ4v) is 3.10. The average molecular weight is 302 g/mol. The normalized spacial score (nSPS) is 21.0. The third-order valence-electron chi connectivity index (χ3n) is 4.56. The minimum Gasteiger partial charge on any atom is -0.339 e. The van der Waals surface area contributed by atoms with Crippen LogP contribution in [0.4, 0.5) is 0 Å². The smallest absolute Gasteiger partial charge is 0.229 e. The molecule has 22 heavy (non-hydrogen) atoms. The molecule has 7 nitrogen and oxygen atoms in total. The van der Waals surface area contributed by atoms with Crippen LogP contribution in [0, 0.1) is 5.92 Å². The molecule has 1 aliphatic carbocycles. The largest absolute Gasteiger partial charge is 0.339 e. The third kappa shape index (κ3) is 2.77. The van der Waals surface area contributed by atoms with E-state index in [0.29, 0.717) is 18.4 Å².